The summed E-state index contributed by atoms with van der Waals surface area (Å²) >= 11 is 5.98. The van der Waals surface area contributed by atoms with E-state index in [2.05, 4.69) is 16.6 Å². The number of rotatable bonds is 2. The fraction of sp³-hybridized carbons (Fsp3) is 0.222. The Bertz CT molecular complexity index is 776. The molecule has 124 valence electrons. The van der Waals surface area contributed by atoms with E-state index in [1.807, 2.05) is 35.2 Å². The van der Waals surface area contributed by atoms with Crippen molar-refractivity contribution >= 4 is 34.8 Å². The molecule has 1 N–H and O–H groups in total. The first kappa shape index (κ1) is 16.3. The van der Waals surface area contributed by atoms with Crippen LogP contribution in [0.5, 0.6) is 0 Å². The molecule has 0 aromatic heterocycles. The van der Waals surface area contributed by atoms with Gasteiger partial charge in [-0.1, -0.05) is 35.9 Å². The van der Waals surface area contributed by atoms with E-state index in [1.165, 1.54) is 12.7 Å². The van der Waals surface area contributed by atoms with Gasteiger partial charge in [0.05, 0.1) is 12.8 Å². The summed E-state index contributed by atoms with van der Waals surface area (Å²) in [5, 5.41) is 4.88. The number of hydrazone groups is 1. The average Bonchev–Trinajstić information content (AvgIpc) is 2.62. The van der Waals surface area contributed by atoms with Crippen LogP contribution in [0.1, 0.15) is 12.0 Å². The van der Waals surface area contributed by atoms with Gasteiger partial charge in [-0.3, -0.25) is 5.43 Å². The third kappa shape index (κ3) is 3.51. The number of methoxy groups -OCH3 is 1. The summed E-state index contributed by atoms with van der Waals surface area (Å²) in [6, 6.07) is 15.2. The zero-order valence-electron chi connectivity index (χ0n) is 13.3. The fourth-order valence-corrected chi connectivity index (χ4v) is 2.93. The number of hydrogen-bond donors (Lipinski definition) is 1. The van der Waals surface area contributed by atoms with Gasteiger partial charge in [0.2, 0.25) is 5.84 Å². The summed E-state index contributed by atoms with van der Waals surface area (Å²) in [6.45, 7) is 0.710. The number of amidine groups is 1. The lowest BCUT2D eigenvalue weighted by atomic mass is 10.0. The van der Waals surface area contributed by atoms with E-state index in [4.69, 9.17) is 16.3 Å². The number of anilines is 2. The van der Waals surface area contributed by atoms with Gasteiger partial charge in [0.15, 0.2) is 0 Å². The lowest BCUT2D eigenvalue weighted by molar-refractivity contribution is -0.132. The van der Waals surface area contributed by atoms with E-state index in [0.717, 1.165) is 18.5 Å². The molecule has 0 atom stereocenters. The standard InChI is InChI=1S/C18H18ClN3O2/c1-24-18(23)17(21-20-15-9-4-8-14(19)12-15)22-11-5-7-13-6-2-3-10-16(13)22/h2-4,6,8-10,12,20H,5,7,11H2,1H3. The highest BCUT2D eigenvalue weighted by Gasteiger charge is 2.26. The van der Waals surface area contributed by atoms with E-state index in [0.29, 0.717) is 17.3 Å². The Labute approximate surface area is 145 Å². The van der Waals surface area contributed by atoms with Crippen molar-refractivity contribution in [2.24, 2.45) is 5.10 Å². The lowest BCUT2D eigenvalue weighted by Crippen LogP contribution is -2.41. The number of carbonyl (C=O) groups excluding carboxylic acids is 1. The Balaban J connectivity index is 1.93. The average molecular weight is 344 g/mol. The third-order valence-electron chi connectivity index (χ3n) is 3.85. The number of esters is 1. The predicted octanol–water partition coefficient (Wildman–Crippen LogP) is 3.69. The maximum absolute atomic E-state index is 12.2. The van der Waals surface area contributed by atoms with Crippen LogP contribution in [0.15, 0.2) is 53.6 Å². The summed E-state index contributed by atoms with van der Waals surface area (Å²) in [5.74, 6) is -0.258. The van der Waals surface area contributed by atoms with Crippen LogP contribution in [0.25, 0.3) is 0 Å². The Morgan fingerprint density at radius 1 is 1.25 bits per heavy atom. The summed E-state index contributed by atoms with van der Waals surface area (Å²) < 4.78 is 4.92. The van der Waals surface area contributed by atoms with Gasteiger partial charge in [0, 0.05) is 17.3 Å². The molecule has 3 rings (SSSR count). The third-order valence-corrected chi connectivity index (χ3v) is 4.08. The summed E-state index contributed by atoms with van der Waals surface area (Å²) in [4.78, 5) is 14.1. The Kier molecular flexibility index (Phi) is 5.01. The molecule has 2 aromatic rings. The van der Waals surface area contributed by atoms with E-state index in [1.54, 1.807) is 12.1 Å². The number of aryl methyl sites for hydroxylation is 1. The van der Waals surface area contributed by atoms with E-state index < -0.39 is 5.97 Å². The van der Waals surface area contributed by atoms with Crippen molar-refractivity contribution in [2.45, 2.75) is 12.8 Å². The maximum atomic E-state index is 12.2. The molecule has 5 nitrogen and oxygen atoms in total. The molecule has 0 amide bonds. The normalized spacial score (nSPS) is 14.1. The highest BCUT2D eigenvalue weighted by Crippen LogP contribution is 2.27. The van der Waals surface area contributed by atoms with Crippen molar-refractivity contribution in [1.29, 1.82) is 0 Å². The number of carbonyl (C=O) groups is 1. The molecular weight excluding hydrogens is 326 g/mol. The van der Waals surface area contributed by atoms with Crippen molar-refractivity contribution < 1.29 is 9.53 Å². The number of para-hydroxylation sites is 1. The first-order chi connectivity index (χ1) is 11.7. The van der Waals surface area contributed by atoms with Crippen LogP contribution in [-0.2, 0) is 16.0 Å². The molecule has 1 aliphatic heterocycles. The number of nitrogens with one attached hydrogen (secondary N) is 1. The van der Waals surface area contributed by atoms with E-state index in [-0.39, 0.29) is 5.84 Å². The topological polar surface area (TPSA) is 53.9 Å². The van der Waals surface area contributed by atoms with Gasteiger partial charge in [-0.2, -0.15) is 0 Å². The van der Waals surface area contributed by atoms with Crippen LogP contribution in [0.2, 0.25) is 5.02 Å². The number of halogens is 1. The summed E-state index contributed by atoms with van der Waals surface area (Å²) in [7, 11) is 1.35. The van der Waals surface area contributed by atoms with Gasteiger partial charge in [-0.05, 0) is 42.7 Å². The van der Waals surface area contributed by atoms with E-state index in [9.17, 15) is 4.79 Å². The minimum absolute atomic E-state index is 0.227. The Hall–Kier alpha value is -2.53. The zero-order valence-corrected chi connectivity index (χ0v) is 14.1. The number of nitrogens with zero attached hydrogens (tertiary/aromatic N) is 2. The van der Waals surface area contributed by atoms with Crippen LogP contribution in [0.4, 0.5) is 11.4 Å². The van der Waals surface area contributed by atoms with Gasteiger partial charge in [0.25, 0.3) is 0 Å². The minimum atomic E-state index is -0.485. The van der Waals surface area contributed by atoms with Gasteiger partial charge in [0.1, 0.15) is 0 Å². The smallest absolute Gasteiger partial charge is 0.376 e. The van der Waals surface area contributed by atoms with Crippen molar-refractivity contribution in [3.8, 4) is 0 Å². The zero-order chi connectivity index (χ0) is 16.9. The van der Waals surface area contributed by atoms with Crippen molar-refractivity contribution in [2.75, 3.05) is 24.0 Å². The highest BCUT2D eigenvalue weighted by molar-refractivity contribution is 6.41. The second-order valence-corrected chi connectivity index (χ2v) is 5.87. The molecular formula is C18H18ClN3O2. The predicted molar refractivity (Wildman–Crippen MR) is 96.6 cm³/mol. The first-order valence-electron chi connectivity index (χ1n) is 7.72. The number of hydrogen-bond acceptors (Lipinski definition) is 4. The molecule has 0 radical (unpaired) electrons. The molecule has 0 aliphatic carbocycles. The van der Waals surface area contributed by atoms with Crippen LogP contribution >= 0.6 is 11.6 Å². The SMILES string of the molecule is COC(=O)C(=NNc1cccc(Cl)c1)N1CCCc2ccccc21. The monoisotopic (exact) mass is 343 g/mol. The number of ether oxygens (including phenoxy) is 1. The van der Waals surface area contributed by atoms with E-state index >= 15 is 0 Å². The number of fused-ring (bicyclic) bond motifs is 1. The van der Waals surface area contributed by atoms with Crippen LogP contribution in [-0.4, -0.2) is 25.5 Å². The summed E-state index contributed by atoms with van der Waals surface area (Å²) in [6.07, 6.45) is 1.94. The van der Waals surface area contributed by atoms with Crippen molar-refractivity contribution in [3.05, 3.63) is 59.1 Å². The molecule has 0 fully saturated rings. The Morgan fingerprint density at radius 3 is 2.88 bits per heavy atom. The molecule has 0 saturated carbocycles. The Morgan fingerprint density at radius 2 is 2.08 bits per heavy atom. The summed E-state index contributed by atoms with van der Waals surface area (Å²) in [5.41, 5.74) is 5.78. The first-order valence-corrected chi connectivity index (χ1v) is 8.10. The lowest BCUT2D eigenvalue weighted by Gasteiger charge is -2.30. The molecule has 24 heavy (non-hydrogen) atoms. The van der Waals surface area contributed by atoms with Crippen LogP contribution in [0.3, 0.4) is 0 Å². The van der Waals surface area contributed by atoms with Gasteiger partial charge in [-0.25, -0.2) is 4.79 Å². The highest BCUT2D eigenvalue weighted by atomic mass is 35.5. The van der Waals surface area contributed by atoms with Gasteiger partial charge in [-0.15, -0.1) is 5.10 Å². The molecule has 0 unspecified atom stereocenters. The second kappa shape index (κ2) is 7.36. The van der Waals surface area contributed by atoms with Crippen LogP contribution < -0.4 is 10.3 Å². The molecule has 2 aromatic carbocycles. The van der Waals surface area contributed by atoms with Gasteiger partial charge < -0.3 is 9.64 Å². The minimum Gasteiger partial charge on any atom is -0.463 e. The molecule has 6 heteroatoms. The quantitative estimate of drug-likeness (QED) is 0.391. The van der Waals surface area contributed by atoms with Crippen molar-refractivity contribution in [3.63, 3.8) is 0 Å². The molecule has 1 heterocycles. The van der Waals surface area contributed by atoms with Crippen molar-refractivity contribution in [1.82, 2.24) is 0 Å². The molecule has 0 saturated heterocycles. The molecule has 0 spiro atoms. The second-order valence-electron chi connectivity index (χ2n) is 5.43. The van der Waals surface area contributed by atoms with Crippen LogP contribution in [0, 0.1) is 0 Å². The molecule has 0 bridgehead atoms. The van der Waals surface area contributed by atoms with Gasteiger partial charge >= 0.3 is 5.97 Å². The maximum Gasteiger partial charge on any atom is 0.376 e. The molecule has 1 aliphatic rings. The number of benzene rings is 2. The largest absolute Gasteiger partial charge is 0.463 e. The fourth-order valence-electron chi connectivity index (χ4n) is 2.74.